The van der Waals surface area contributed by atoms with Crippen molar-refractivity contribution in [1.29, 1.82) is 0 Å². The molecular formula is C27H35N3O2. The lowest BCUT2D eigenvalue weighted by atomic mass is 9.79. The van der Waals surface area contributed by atoms with E-state index in [2.05, 4.69) is 41.4 Å². The summed E-state index contributed by atoms with van der Waals surface area (Å²) in [5.41, 5.74) is 7.03. The van der Waals surface area contributed by atoms with Gasteiger partial charge >= 0.3 is 0 Å². The van der Waals surface area contributed by atoms with E-state index >= 15 is 0 Å². The fraction of sp³-hybridized carbons (Fsp3) is 0.519. The number of likely N-dealkylation sites (tertiary alicyclic amines) is 1. The van der Waals surface area contributed by atoms with Gasteiger partial charge < -0.3 is 16.2 Å². The van der Waals surface area contributed by atoms with Crippen LogP contribution in [0.3, 0.4) is 0 Å². The summed E-state index contributed by atoms with van der Waals surface area (Å²) in [5, 5.41) is 14.8. The number of hydrogen-bond acceptors (Lipinski definition) is 4. The molecule has 0 bridgehead atoms. The van der Waals surface area contributed by atoms with Gasteiger partial charge in [-0.3, -0.25) is 9.69 Å². The largest absolute Gasteiger partial charge is 0.375 e. The van der Waals surface area contributed by atoms with Crippen molar-refractivity contribution in [2.45, 2.75) is 56.8 Å². The molecule has 5 rings (SSSR count). The molecule has 0 radical (unpaired) electrons. The quantitative estimate of drug-likeness (QED) is 0.584. The maximum atomic E-state index is 13.6. The molecule has 2 aromatic carbocycles. The molecule has 5 heteroatoms. The smallest absolute Gasteiger partial charge is 0.258 e. The van der Waals surface area contributed by atoms with Gasteiger partial charge in [0.15, 0.2) is 5.60 Å². The molecule has 1 heterocycles. The summed E-state index contributed by atoms with van der Waals surface area (Å²) in [6.07, 6.45) is 4.42. The van der Waals surface area contributed by atoms with Crippen LogP contribution >= 0.6 is 0 Å². The lowest BCUT2D eigenvalue weighted by molar-refractivity contribution is -0.148. The molecule has 5 nitrogen and oxygen atoms in total. The predicted molar refractivity (Wildman–Crippen MR) is 125 cm³/mol. The number of nitrogens with one attached hydrogen (secondary N) is 1. The number of benzene rings is 2. The summed E-state index contributed by atoms with van der Waals surface area (Å²) < 4.78 is 0. The predicted octanol–water partition coefficient (Wildman–Crippen LogP) is 3.55. The van der Waals surface area contributed by atoms with Crippen molar-refractivity contribution >= 4 is 5.91 Å². The average molecular weight is 434 g/mol. The fourth-order valence-electron chi connectivity index (χ4n) is 6.27. The summed E-state index contributed by atoms with van der Waals surface area (Å²) in [5.74, 6) is 0.0979. The van der Waals surface area contributed by atoms with E-state index in [1.54, 1.807) is 0 Å². The van der Waals surface area contributed by atoms with E-state index in [0.717, 1.165) is 45.2 Å². The number of aliphatic hydroxyl groups is 1. The van der Waals surface area contributed by atoms with Crippen LogP contribution in [0.1, 0.15) is 56.2 Å². The second-order valence-corrected chi connectivity index (χ2v) is 10.2. The summed E-state index contributed by atoms with van der Waals surface area (Å²) >= 11 is 0. The minimum absolute atomic E-state index is 0.0669. The van der Waals surface area contributed by atoms with Crippen LogP contribution in [0.4, 0.5) is 0 Å². The number of carbonyl (C=O) groups is 1. The first-order valence-corrected chi connectivity index (χ1v) is 12.1. The Hall–Kier alpha value is -2.21. The maximum absolute atomic E-state index is 13.6. The third kappa shape index (κ3) is 3.57. The number of piperidine rings is 1. The number of amides is 1. The molecule has 2 saturated carbocycles. The van der Waals surface area contributed by atoms with Gasteiger partial charge in [0.05, 0.1) is 6.17 Å². The van der Waals surface area contributed by atoms with Crippen LogP contribution in [0.2, 0.25) is 0 Å². The number of carbonyl (C=O) groups excluding carboxylic acids is 1. The van der Waals surface area contributed by atoms with E-state index in [9.17, 15) is 9.90 Å². The topological polar surface area (TPSA) is 78.6 Å². The molecule has 5 unspecified atom stereocenters. The number of hydrogen-bond donors (Lipinski definition) is 3. The second-order valence-electron chi connectivity index (χ2n) is 10.2. The summed E-state index contributed by atoms with van der Waals surface area (Å²) in [6, 6.07) is 20.3. The molecule has 1 saturated heterocycles. The van der Waals surface area contributed by atoms with Gasteiger partial charge in [0.2, 0.25) is 0 Å². The van der Waals surface area contributed by atoms with Crippen molar-refractivity contribution < 1.29 is 9.90 Å². The highest BCUT2D eigenvalue weighted by Crippen LogP contribution is 2.60. The SMILES string of the molecule is CC(c1ccccc1)N1CC2CC2(C(N)NC(=O)C(O)(c2ccccc2)C2CCCC2)C1. The van der Waals surface area contributed by atoms with Crippen molar-refractivity contribution in [2.75, 3.05) is 13.1 Å². The van der Waals surface area contributed by atoms with Crippen LogP contribution in [0.15, 0.2) is 60.7 Å². The molecule has 170 valence electrons. The lowest BCUT2D eigenvalue weighted by Gasteiger charge is -2.36. The molecule has 3 aliphatic rings. The molecule has 4 N–H and O–H groups in total. The molecule has 2 aromatic rings. The number of rotatable bonds is 7. The van der Waals surface area contributed by atoms with E-state index in [1.165, 1.54) is 5.56 Å². The zero-order valence-corrected chi connectivity index (χ0v) is 18.9. The van der Waals surface area contributed by atoms with E-state index in [4.69, 9.17) is 5.73 Å². The van der Waals surface area contributed by atoms with Crippen molar-refractivity contribution in [2.24, 2.45) is 23.0 Å². The van der Waals surface area contributed by atoms with Crippen molar-refractivity contribution in [3.05, 3.63) is 71.8 Å². The molecule has 3 fully saturated rings. The summed E-state index contributed by atoms with van der Waals surface area (Å²) in [7, 11) is 0. The molecule has 0 aromatic heterocycles. The van der Waals surface area contributed by atoms with Crippen LogP contribution in [-0.2, 0) is 10.4 Å². The zero-order chi connectivity index (χ0) is 22.3. The van der Waals surface area contributed by atoms with Crippen molar-refractivity contribution in [1.82, 2.24) is 10.2 Å². The van der Waals surface area contributed by atoms with E-state index in [0.29, 0.717) is 17.5 Å². The van der Waals surface area contributed by atoms with Crippen LogP contribution in [0.5, 0.6) is 0 Å². The number of nitrogens with two attached hydrogens (primary N) is 1. The van der Waals surface area contributed by atoms with Gasteiger partial charge in [-0.2, -0.15) is 0 Å². The lowest BCUT2D eigenvalue weighted by Crippen LogP contribution is -2.57. The van der Waals surface area contributed by atoms with Crippen molar-refractivity contribution in [3.63, 3.8) is 0 Å². The highest BCUT2D eigenvalue weighted by Gasteiger charge is 2.64. The van der Waals surface area contributed by atoms with Gasteiger partial charge in [0.25, 0.3) is 5.91 Å². The zero-order valence-electron chi connectivity index (χ0n) is 18.9. The third-order valence-electron chi connectivity index (χ3n) is 8.47. The Bertz CT molecular complexity index is 946. The molecule has 5 atom stereocenters. The Morgan fingerprint density at radius 1 is 1.12 bits per heavy atom. The van der Waals surface area contributed by atoms with E-state index in [-0.39, 0.29) is 17.2 Å². The van der Waals surface area contributed by atoms with Gasteiger partial charge in [0, 0.05) is 30.5 Å². The van der Waals surface area contributed by atoms with Crippen LogP contribution in [0.25, 0.3) is 0 Å². The highest BCUT2D eigenvalue weighted by atomic mass is 16.3. The van der Waals surface area contributed by atoms with Crippen LogP contribution in [-0.4, -0.2) is 35.2 Å². The fourth-order valence-corrected chi connectivity index (χ4v) is 6.27. The molecular weight excluding hydrogens is 398 g/mol. The Kier molecular flexibility index (Phi) is 5.60. The van der Waals surface area contributed by atoms with Gasteiger partial charge in [0.1, 0.15) is 0 Å². The Morgan fingerprint density at radius 2 is 1.75 bits per heavy atom. The summed E-state index contributed by atoms with van der Waals surface area (Å²) in [6.45, 7) is 4.12. The van der Waals surface area contributed by atoms with Gasteiger partial charge in [-0.15, -0.1) is 0 Å². The first-order valence-electron chi connectivity index (χ1n) is 12.1. The minimum atomic E-state index is -1.52. The first-order chi connectivity index (χ1) is 15.4. The average Bonchev–Trinajstić information content (AvgIpc) is 3.18. The molecule has 1 amide bonds. The monoisotopic (exact) mass is 433 g/mol. The van der Waals surface area contributed by atoms with Gasteiger partial charge in [-0.25, -0.2) is 0 Å². The summed E-state index contributed by atoms with van der Waals surface area (Å²) in [4.78, 5) is 16.0. The van der Waals surface area contributed by atoms with Crippen LogP contribution in [0, 0.1) is 17.3 Å². The van der Waals surface area contributed by atoms with E-state index < -0.39 is 11.8 Å². The van der Waals surface area contributed by atoms with Gasteiger partial charge in [-0.1, -0.05) is 73.5 Å². The Balaban J connectivity index is 1.31. The Labute approximate surface area is 191 Å². The first kappa shape index (κ1) is 21.6. The second kappa shape index (κ2) is 8.29. The molecule has 1 aliphatic heterocycles. The van der Waals surface area contributed by atoms with Crippen molar-refractivity contribution in [3.8, 4) is 0 Å². The van der Waals surface area contributed by atoms with Gasteiger partial charge in [-0.05, 0) is 43.2 Å². The molecule has 32 heavy (non-hydrogen) atoms. The standard InChI is InChI=1S/C27H35N3O2/c1-19(20-10-4-2-5-11-20)30-17-23-16-26(23,18-30)24(28)29-25(31)27(32,22-14-8-9-15-22)21-12-6-3-7-13-21/h2-7,10-13,19,22-24,32H,8-9,14-18,28H2,1H3,(H,29,31). The number of nitrogens with zero attached hydrogens (tertiary/aromatic N) is 1. The normalized spacial score (nSPS) is 29.2. The highest BCUT2D eigenvalue weighted by molar-refractivity contribution is 5.87. The maximum Gasteiger partial charge on any atom is 0.258 e. The van der Waals surface area contributed by atoms with E-state index in [1.807, 2.05) is 36.4 Å². The van der Waals surface area contributed by atoms with Crippen LogP contribution < -0.4 is 11.1 Å². The Morgan fingerprint density at radius 3 is 2.41 bits per heavy atom. The molecule has 2 aliphatic carbocycles. The minimum Gasteiger partial charge on any atom is -0.375 e. The third-order valence-corrected chi connectivity index (χ3v) is 8.47. The number of fused-ring (bicyclic) bond motifs is 1. The molecule has 0 spiro atoms.